The van der Waals surface area contributed by atoms with Crippen LogP contribution in [0, 0.1) is 0 Å². The van der Waals surface area contributed by atoms with E-state index in [0.717, 1.165) is 48.4 Å². The third-order valence-corrected chi connectivity index (χ3v) is 3.84. The molecular weight excluding hydrogens is 280 g/mol. The summed E-state index contributed by atoms with van der Waals surface area (Å²) in [6.07, 6.45) is 5.09. The highest BCUT2D eigenvalue weighted by Gasteiger charge is 2.23. The number of aromatic nitrogens is 1. The highest BCUT2D eigenvalue weighted by atomic mass is 16.5. The van der Waals surface area contributed by atoms with E-state index >= 15 is 0 Å². The van der Waals surface area contributed by atoms with E-state index in [1.165, 1.54) is 6.42 Å². The van der Waals surface area contributed by atoms with Gasteiger partial charge < -0.3 is 14.6 Å². The van der Waals surface area contributed by atoms with Crippen molar-refractivity contribution < 1.29 is 14.1 Å². The molecule has 1 amide bonds. The molecule has 0 bridgehead atoms. The smallest absolute Gasteiger partial charge is 0.278 e. The van der Waals surface area contributed by atoms with Gasteiger partial charge in [0.15, 0.2) is 5.69 Å². The molecule has 1 aromatic heterocycles. The first-order valence-corrected chi connectivity index (χ1v) is 7.79. The van der Waals surface area contributed by atoms with Gasteiger partial charge in [-0.05, 0) is 50.5 Å². The summed E-state index contributed by atoms with van der Waals surface area (Å²) in [6.45, 7) is 2.56. The van der Waals surface area contributed by atoms with E-state index in [1.54, 1.807) is 0 Å². The van der Waals surface area contributed by atoms with Crippen molar-refractivity contribution in [1.29, 1.82) is 0 Å². The van der Waals surface area contributed by atoms with Gasteiger partial charge in [-0.25, -0.2) is 0 Å². The third-order valence-electron chi connectivity index (χ3n) is 3.84. The number of amides is 1. The Morgan fingerprint density at radius 3 is 2.77 bits per heavy atom. The first-order valence-electron chi connectivity index (χ1n) is 7.79. The molecule has 0 atom stereocenters. The van der Waals surface area contributed by atoms with Gasteiger partial charge in [0.2, 0.25) is 0 Å². The maximum atomic E-state index is 12.4. The Labute approximate surface area is 129 Å². The monoisotopic (exact) mass is 300 g/mol. The van der Waals surface area contributed by atoms with Crippen LogP contribution in [0.3, 0.4) is 0 Å². The van der Waals surface area contributed by atoms with E-state index in [0.29, 0.717) is 12.3 Å². The molecule has 0 saturated carbocycles. The molecule has 0 aliphatic heterocycles. The number of aryl methyl sites for hydroxylation is 1. The maximum absolute atomic E-state index is 12.4. The summed E-state index contributed by atoms with van der Waals surface area (Å²) >= 11 is 0. The largest absolute Gasteiger partial charge is 0.494 e. The van der Waals surface area contributed by atoms with Crippen LogP contribution in [0.5, 0.6) is 5.75 Å². The Morgan fingerprint density at radius 1 is 1.23 bits per heavy atom. The van der Waals surface area contributed by atoms with Gasteiger partial charge >= 0.3 is 0 Å². The number of ether oxygens (including phenoxy) is 1. The first-order chi connectivity index (χ1) is 10.8. The number of fused-ring (bicyclic) bond motifs is 1. The van der Waals surface area contributed by atoms with E-state index in [2.05, 4.69) is 10.5 Å². The van der Waals surface area contributed by atoms with Gasteiger partial charge in [0.25, 0.3) is 5.91 Å². The number of benzene rings is 1. The maximum Gasteiger partial charge on any atom is 0.278 e. The molecule has 22 heavy (non-hydrogen) atoms. The fraction of sp³-hybridized carbons (Fsp3) is 0.412. The van der Waals surface area contributed by atoms with Crippen molar-refractivity contribution in [3.8, 4) is 5.75 Å². The summed E-state index contributed by atoms with van der Waals surface area (Å²) in [5.41, 5.74) is 2.12. The molecule has 0 radical (unpaired) electrons. The highest BCUT2D eigenvalue weighted by molar-refractivity contribution is 6.03. The van der Waals surface area contributed by atoms with Gasteiger partial charge in [-0.1, -0.05) is 11.6 Å². The van der Waals surface area contributed by atoms with Gasteiger partial charge in [-0.15, -0.1) is 0 Å². The second kappa shape index (κ2) is 6.64. The fourth-order valence-electron chi connectivity index (χ4n) is 2.73. The number of rotatable bonds is 4. The lowest BCUT2D eigenvalue weighted by molar-refractivity contribution is 0.101. The van der Waals surface area contributed by atoms with Crippen molar-refractivity contribution in [2.75, 3.05) is 11.9 Å². The van der Waals surface area contributed by atoms with E-state index < -0.39 is 0 Å². The number of carbonyl (C=O) groups is 1. The van der Waals surface area contributed by atoms with E-state index in [1.807, 2.05) is 31.2 Å². The number of nitrogens with one attached hydrogen (secondary N) is 1. The quantitative estimate of drug-likeness (QED) is 0.876. The predicted octanol–water partition coefficient (Wildman–Crippen LogP) is 3.59. The zero-order chi connectivity index (χ0) is 15.4. The first kappa shape index (κ1) is 14.6. The molecule has 5 nitrogen and oxygen atoms in total. The van der Waals surface area contributed by atoms with Crippen LogP contribution in [0.4, 0.5) is 5.69 Å². The molecule has 1 aliphatic rings. The second-order valence-electron chi connectivity index (χ2n) is 5.41. The lowest BCUT2D eigenvalue weighted by Crippen LogP contribution is -2.14. The standard InChI is InChI=1S/C17H20N2O3/c1-2-21-13-10-8-12(9-11-13)18-17(20)16-14-6-4-3-5-7-15(14)22-19-16/h8-11H,2-7H2,1H3,(H,18,20). The number of nitrogens with zero attached hydrogens (tertiary/aromatic N) is 1. The van der Waals surface area contributed by atoms with Crippen molar-refractivity contribution in [2.24, 2.45) is 0 Å². The molecule has 0 fully saturated rings. The number of carbonyl (C=O) groups excluding carboxylic acids is 1. The summed E-state index contributed by atoms with van der Waals surface area (Å²) in [5, 5.41) is 6.84. The molecule has 1 N–H and O–H groups in total. The van der Waals surface area contributed by atoms with Gasteiger partial charge in [-0.2, -0.15) is 0 Å². The summed E-state index contributed by atoms with van der Waals surface area (Å²) in [5.74, 6) is 1.45. The lowest BCUT2D eigenvalue weighted by atomic mass is 10.1. The number of hydrogen-bond donors (Lipinski definition) is 1. The van der Waals surface area contributed by atoms with Gasteiger partial charge in [-0.3, -0.25) is 4.79 Å². The predicted molar refractivity (Wildman–Crippen MR) is 83.3 cm³/mol. The van der Waals surface area contributed by atoms with Crippen LogP contribution in [0.2, 0.25) is 0 Å². The molecule has 3 rings (SSSR count). The van der Waals surface area contributed by atoms with E-state index in [-0.39, 0.29) is 5.91 Å². The van der Waals surface area contributed by atoms with Crippen molar-refractivity contribution in [3.05, 3.63) is 41.3 Å². The number of hydrogen-bond acceptors (Lipinski definition) is 4. The number of anilines is 1. The van der Waals surface area contributed by atoms with Crippen LogP contribution in [0.25, 0.3) is 0 Å². The minimum absolute atomic E-state index is 0.212. The lowest BCUT2D eigenvalue weighted by Gasteiger charge is -2.06. The molecule has 1 aliphatic carbocycles. The molecule has 0 saturated heterocycles. The molecule has 1 heterocycles. The zero-order valence-electron chi connectivity index (χ0n) is 12.7. The van der Waals surface area contributed by atoms with E-state index in [9.17, 15) is 4.79 Å². The van der Waals surface area contributed by atoms with Crippen LogP contribution in [-0.2, 0) is 12.8 Å². The minimum Gasteiger partial charge on any atom is -0.494 e. The van der Waals surface area contributed by atoms with Crippen molar-refractivity contribution in [2.45, 2.75) is 39.0 Å². The summed E-state index contributed by atoms with van der Waals surface area (Å²) in [4.78, 5) is 12.4. The van der Waals surface area contributed by atoms with Gasteiger partial charge in [0.1, 0.15) is 11.5 Å². The van der Waals surface area contributed by atoms with Crippen LogP contribution >= 0.6 is 0 Å². The van der Waals surface area contributed by atoms with Gasteiger partial charge in [0.05, 0.1) is 6.61 Å². The average Bonchev–Trinajstić information content (AvgIpc) is 2.79. The third kappa shape index (κ3) is 3.13. The van der Waals surface area contributed by atoms with Crippen LogP contribution < -0.4 is 10.1 Å². The summed E-state index contributed by atoms with van der Waals surface area (Å²) in [6, 6.07) is 7.31. The molecule has 2 aromatic rings. The zero-order valence-corrected chi connectivity index (χ0v) is 12.7. The fourth-order valence-corrected chi connectivity index (χ4v) is 2.73. The molecule has 1 aromatic carbocycles. The van der Waals surface area contributed by atoms with Gasteiger partial charge in [0, 0.05) is 17.7 Å². The van der Waals surface area contributed by atoms with E-state index in [4.69, 9.17) is 9.26 Å². The normalized spacial score (nSPS) is 14.0. The molecular formula is C17H20N2O3. The Hall–Kier alpha value is -2.30. The molecule has 5 heteroatoms. The molecule has 0 spiro atoms. The highest BCUT2D eigenvalue weighted by Crippen LogP contribution is 2.24. The summed E-state index contributed by atoms with van der Waals surface area (Å²) < 4.78 is 10.7. The Balaban J connectivity index is 1.73. The van der Waals surface area contributed by atoms with Crippen LogP contribution in [0.1, 0.15) is 48.0 Å². The average molecular weight is 300 g/mol. The SMILES string of the molecule is CCOc1ccc(NC(=O)c2noc3c2CCCCC3)cc1. The van der Waals surface area contributed by atoms with Crippen molar-refractivity contribution in [1.82, 2.24) is 5.16 Å². The minimum atomic E-state index is -0.212. The topological polar surface area (TPSA) is 64.4 Å². The molecule has 0 unspecified atom stereocenters. The Kier molecular flexibility index (Phi) is 4.42. The molecule has 116 valence electrons. The van der Waals surface area contributed by atoms with Crippen LogP contribution in [-0.4, -0.2) is 17.7 Å². The van der Waals surface area contributed by atoms with Crippen LogP contribution in [0.15, 0.2) is 28.8 Å². The Morgan fingerprint density at radius 2 is 2.00 bits per heavy atom. The second-order valence-corrected chi connectivity index (χ2v) is 5.41. The Bertz CT molecular complexity index is 646. The summed E-state index contributed by atoms with van der Waals surface area (Å²) in [7, 11) is 0. The van der Waals surface area contributed by atoms with Crippen molar-refractivity contribution >= 4 is 11.6 Å². The van der Waals surface area contributed by atoms with Crippen molar-refractivity contribution in [3.63, 3.8) is 0 Å².